The molecule has 0 aliphatic heterocycles. The van der Waals surface area contributed by atoms with Crippen LogP contribution in [0, 0.1) is 5.41 Å². The molecule has 1 saturated carbocycles. The Kier molecular flexibility index (Phi) is 8.54. The van der Waals surface area contributed by atoms with E-state index in [1.165, 1.54) is 24.1 Å². The van der Waals surface area contributed by atoms with Crippen LogP contribution in [0.15, 0.2) is 6.20 Å². The number of rotatable bonds is 11. The van der Waals surface area contributed by atoms with Gasteiger partial charge in [0.05, 0.1) is 12.3 Å². The van der Waals surface area contributed by atoms with Crippen molar-refractivity contribution in [2.75, 3.05) is 47.5 Å². The number of nitrogens with one attached hydrogen (secondary N) is 2. The van der Waals surface area contributed by atoms with Crippen LogP contribution in [0.25, 0.3) is 0 Å². The molecule has 2 unspecified atom stereocenters. The summed E-state index contributed by atoms with van der Waals surface area (Å²) in [6.07, 6.45) is 6.69. The Hall–Kier alpha value is -0.950. The molecule has 2 atom stereocenters. The van der Waals surface area contributed by atoms with E-state index in [0.29, 0.717) is 5.92 Å². The number of methoxy groups -OCH3 is 1. The summed E-state index contributed by atoms with van der Waals surface area (Å²) in [5.41, 5.74) is 2.86. The van der Waals surface area contributed by atoms with Gasteiger partial charge >= 0.3 is 0 Å². The van der Waals surface area contributed by atoms with Gasteiger partial charge in [-0.3, -0.25) is 5.10 Å². The zero-order valence-electron chi connectivity index (χ0n) is 17.3. The van der Waals surface area contributed by atoms with Crippen molar-refractivity contribution in [1.82, 2.24) is 20.4 Å². The molecule has 1 aliphatic rings. The number of H-pyrrole nitrogens is 1. The number of hydrogen-bond acceptors (Lipinski definition) is 5. The molecule has 1 heterocycles. The predicted molar refractivity (Wildman–Crippen MR) is 105 cm³/mol. The van der Waals surface area contributed by atoms with Crippen molar-refractivity contribution in [2.24, 2.45) is 5.41 Å². The Morgan fingerprint density at radius 3 is 2.92 bits per heavy atom. The van der Waals surface area contributed by atoms with Gasteiger partial charge in [0.25, 0.3) is 0 Å². The fraction of sp³-hybridized carbons (Fsp3) is 0.850. The summed E-state index contributed by atoms with van der Waals surface area (Å²) in [7, 11) is 5.90. The van der Waals surface area contributed by atoms with Crippen molar-refractivity contribution in [3.05, 3.63) is 17.5 Å². The van der Waals surface area contributed by atoms with Gasteiger partial charge in [-0.25, -0.2) is 0 Å². The quantitative estimate of drug-likeness (QED) is 0.590. The first-order valence-electron chi connectivity index (χ1n) is 9.93. The first-order valence-corrected chi connectivity index (χ1v) is 9.93. The molecule has 0 amide bonds. The third-order valence-corrected chi connectivity index (χ3v) is 5.66. The zero-order chi connectivity index (χ0) is 19.0. The molecule has 6 nitrogen and oxygen atoms in total. The van der Waals surface area contributed by atoms with E-state index in [4.69, 9.17) is 9.47 Å². The lowest BCUT2D eigenvalue weighted by Crippen LogP contribution is -2.38. The highest BCUT2D eigenvalue weighted by Crippen LogP contribution is 2.44. The van der Waals surface area contributed by atoms with Gasteiger partial charge in [-0.05, 0) is 45.2 Å². The Balaban J connectivity index is 1.97. The Morgan fingerprint density at radius 1 is 1.38 bits per heavy atom. The molecule has 1 fully saturated rings. The van der Waals surface area contributed by atoms with E-state index in [1.807, 2.05) is 13.2 Å². The molecule has 1 aromatic heterocycles. The maximum atomic E-state index is 6.27. The highest BCUT2D eigenvalue weighted by molar-refractivity contribution is 5.22. The van der Waals surface area contributed by atoms with Crippen molar-refractivity contribution in [1.29, 1.82) is 0 Å². The maximum absolute atomic E-state index is 6.27. The summed E-state index contributed by atoms with van der Waals surface area (Å²) >= 11 is 0. The molecule has 26 heavy (non-hydrogen) atoms. The number of hydrogen-bond donors (Lipinski definition) is 2. The van der Waals surface area contributed by atoms with Crippen LogP contribution in [0.3, 0.4) is 0 Å². The Morgan fingerprint density at radius 2 is 2.19 bits per heavy atom. The van der Waals surface area contributed by atoms with Crippen molar-refractivity contribution in [3.8, 4) is 0 Å². The lowest BCUT2D eigenvalue weighted by molar-refractivity contribution is -0.0603. The van der Waals surface area contributed by atoms with Gasteiger partial charge in [-0.15, -0.1) is 0 Å². The fourth-order valence-electron chi connectivity index (χ4n) is 3.86. The molecular formula is C20H38N4O2. The summed E-state index contributed by atoms with van der Waals surface area (Å²) < 4.78 is 11.4. The molecule has 0 spiro atoms. The molecule has 0 aromatic carbocycles. The fourth-order valence-corrected chi connectivity index (χ4v) is 3.86. The molecule has 6 heteroatoms. The molecule has 0 saturated heterocycles. The van der Waals surface area contributed by atoms with E-state index < -0.39 is 0 Å². The van der Waals surface area contributed by atoms with Crippen molar-refractivity contribution >= 4 is 0 Å². The van der Waals surface area contributed by atoms with Crippen LogP contribution >= 0.6 is 0 Å². The molecular weight excluding hydrogens is 328 g/mol. The van der Waals surface area contributed by atoms with E-state index >= 15 is 0 Å². The predicted octanol–water partition coefficient (Wildman–Crippen LogP) is 2.78. The van der Waals surface area contributed by atoms with E-state index in [-0.39, 0.29) is 11.5 Å². The third kappa shape index (κ3) is 6.05. The summed E-state index contributed by atoms with van der Waals surface area (Å²) in [5.74, 6) is 0.505. The minimum absolute atomic E-state index is 0.230. The summed E-state index contributed by atoms with van der Waals surface area (Å²) in [6, 6.07) is 0. The molecule has 0 radical (unpaired) electrons. The molecule has 1 aliphatic carbocycles. The van der Waals surface area contributed by atoms with Crippen LogP contribution in [-0.2, 0) is 16.0 Å². The lowest BCUT2D eigenvalue weighted by atomic mass is 9.69. The lowest BCUT2D eigenvalue weighted by Gasteiger charge is -2.42. The summed E-state index contributed by atoms with van der Waals surface area (Å²) in [6.45, 7) is 9.18. The van der Waals surface area contributed by atoms with Crippen molar-refractivity contribution in [2.45, 2.75) is 58.1 Å². The Labute approximate surface area is 159 Å². The second kappa shape index (κ2) is 10.4. The highest BCUT2D eigenvalue weighted by Gasteiger charge is 2.38. The van der Waals surface area contributed by atoms with Crippen molar-refractivity contribution in [3.63, 3.8) is 0 Å². The number of nitrogens with zero attached hydrogens (tertiary/aromatic N) is 2. The molecule has 1 aromatic rings. The SMILES string of the molecule is CNCCN(C)Cc1cn[nH]c1C1CCC(C)(C)C(OCCCOC)C1. The zero-order valence-corrected chi connectivity index (χ0v) is 17.3. The van der Waals surface area contributed by atoms with Gasteiger partial charge in [0.1, 0.15) is 0 Å². The van der Waals surface area contributed by atoms with Crippen LogP contribution in [0.4, 0.5) is 0 Å². The van der Waals surface area contributed by atoms with Crippen LogP contribution in [0.5, 0.6) is 0 Å². The Bertz CT molecular complexity index is 518. The van der Waals surface area contributed by atoms with Gasteiger partial charge in [-0.1, -0.05) is 13.8 Å². The molecule has 2 N–H and O–H groups in total. The molecule has 2 rings (SSSR count). The maximum Gasteiger partial charge on any atom is 0.0632 e. The highest BCUT2D eigenvalue weighted by atomic mass is 16.5. The average molecular weight is 367 g/mol. The minimum Gasteiger partial charge on any atom is -0.385 e. The number of ether oxygens (including phenoxy) is 2. The number of aromatic nitrogens is 2. The van der Waals surface area contributed by atoms with Crippen LogP contribution in [0.2, 0.25) is 0 Å². The van der Waals surface area contributed by atoms with Gasteiger partial charge in [0, 0.05) is 57.1 Å². The second-order valence-corrected chi connectivity index (χ2v) is 8.32. The van der Waals surface area contributed by atoms with Gasteiger partial charge in [0.15, 0.2) is 0 Å². The van der Waals surface area contributed by atoms with E-state index in [2.05, 4.69) is 41.3 Å². The first-order chi connectivity index (χ1) is 12.5. The smallest absolute Gasteiger partial charge is 0.0632 e. The van der Waals surface area contributed by atoms with E-state index in [1.54, 1.807) is 7.11 Å². The summed E-state index contributed by atoms with van der Waals surface area (Å²) in [5, 5.41) is 10.9. The van der Waals surface area contributed by atoms with Crippen LogP contribution in [-0.4, -0.2) is 68.7 Å². The standard InChI is InChI=1S/C20H38N4O2/c1-20(2)8-7-16(13-18(20)26-12-6-11-25-5)19-17(14-22-23-19)15-24(4)10-9-21-3/h14,16,18,21H,6-13,15H2,1-5H3,(H,22,23). The van der Waals surface area contributed by atoms with Crippen LogP contribution in [0.1, 0.15) is 56.7 Å². The molecule has 0 bridgehead atoms. The molecule has 150 valence electrons. The number of likely N-dealkylation sites (N-methyl/N-ethyl adjacent to an activating group) is 2. The largest absolute Gasteiger partial charge is 0.385 e. The van der Waals surface area contributed by atoms with Gasteiger partial charge < -0.3 is 19.7 Å². The monoisotopic (exact) mass is 366 g/mol. The summed E-state index contributed by atoms with van der Waals surface area (Å²) in [4.78, 5) is 2.34. The van der Waals surface area contributed by atoms with E-state index in [9.17, 15) is 0 Å². The third-order valence-electron chi connectivity index (χ3n) is 5.66. The van der Waals surface area contributed by atoms with Gasteiger partial charge in [-0.2, -0.15) is 5.10 Å². The van der Waals surface area contributed by atoms with Gasteiger partial charge in [0.2, 0.25) is 0 Å². The second-order valence-electron chi connectivity index (χ2n) is 8.32. The van der Waals surface area contributed by atoms with Crippen LogP contribution < -0.4 is 5.32 Å². The topological polar surface area (TPSA) is 62.4 Å². The first kappa shape index (κ1) is 21.4. The normalized spacial score (nSPS) is 22.8. The van der Waals surface area contributed by atoms with E-state index in [0.717, 1.165) is 45.7 Å². The average Bonchev–Trinajstić information content (AvgIpc) is 3.06. The number of aromatic amines is 1. The van der Waals surface area contributed by atoms with Crippen molar-refractivity contribution < 1.29 is 9.47 Å². The minimum atomic E-state index is 0.230.